The first-order valence-corrected chi connectivity index (χ1v) is 6.72. The lowest BCUT2D eigenvalue weighted by atomic mass is 10.2. The third-order valence-corrected chi connectivity index (χ3v) is 3.21. The van der Waals surface area contributed by atoms with Gasteiger partial charge in [-0.15, -0.1) is 0 Å². The van der Waals surface area contributed by atoms with Gasteiger partial charge in [-0.05, 0) is 6.92 Å². The van der Waals surface area contributed by atoms with Gasteiger partial charge >= 0.3 is 0 Å². The SMILES string of the molecule is CC(O)CN[N+](CCO)(CCO)c1ccc([N+](=O)[O-])cc1. The number of hydrogen-bond donors (Lipinski definition) is 4. The van der Waals surface area contributed by atoms with E-state index in [0.717, 1.165) is 0 Å². The van der Waals surface area contributed by atoms with Crippen molar-refractivity contribution in [3.63, 3.8) is 0 Å². The summed E-state index contributed by atoms with van der Waals surface area (Å²) in [5.74, 6) is 0. The number of rotatable bonds is 9. The number of nitro benzene ring substituents is 1. The number of nitro groups is 1. The molecule has 21 heavy (non-hydrogen) atoms. The maximum atomic E-state index is 10.7. The Labute approximate surface area is 123 Å². The lowest BCUT2D eigenvalue weighted by Gasteiger charge is -2.37. The largest absolute Gasteiger partial charge is 0.392 e. The van der Waals surface area contributed by atoms with Gasteiger partial charge in [0.1, 0.15) is 13.1 Å². The first-order valence-electron chi connectivity index (χ1n) is 6.72. The Morgan fingerprint density at radius 3 is 2.14 bits per heavy atom. The van der Waals surface area contributed by atoms with Crippen molar-refractivity contribution in [2.45, 2.75) is 13.0 Å². The van der Waals surface area contributed by atoms with Gasteiger partial charge < -0.3 is 15.3 Å². The van der Waals surface area contributed by atoms with Gasteiger partial charge in [-0.1, -0.05) is 0 Å². The summed E-state index contributed by atoms with van der Waals surface area (Å²) in [6.45, 7) is 2.15. The number of aliphatic hydroxyl groups is 3. The van der Waals surface area contributed by atoms with E-state index >= 15 is 0 Å². The van der Waals surface area contributed by atoms with Crippen LogP contribution < -0.4 is 10.0 Å². The summed E-state index contributed by atoms with van der Waals surface area (Å²) < 4.78 is 0.0376. The normalized spacial score (nSPS) is 13.1. The predicted molar refractivity (Wildman–Crippen MR) is 78.5 cm³/mol. The van der Waals surface area contributed by atoms with Crippen LogP contribution in [0.15, 0.2) is 24.3 Å². The van der Waals surface area contributed by atoms with Crippen molar-refractivity contribution in [2.24, 2.45) is 0 Å². The summed E-state index contributed by atoms with van der Waals surface area (Å²) in [5.41, 5.74) is 3.74. The highest BCUT2D eigenvalue weighted by molar-refractivity contribution is 5.47. The lowest BCUT2D eigenvalue weighted by molar-refractivity contribution is -0.384. The van der Waals surface area contributed by atoms with E-state index in [1.165, 1.54) is 12.1 Å². The Morgan fingerprint density at radius 1 is 1.24 bits per heavy atom. The molecule has 4 N–H and O–H groups in total. The molecule has 0 aliphatic heterocycles. The molecule has 1 atom stereocenters. The van der Waals surface area contributed by atoms with Crippen LogP contribution in [-0.2, 0) is 0 Å². The zero-order valence-corrected chi connectivity index (χ0v) is 12.0. The Bertz CT molecular complexity index is 444. The number of aliphatic hydroxyl groups excluding tert-OH is 3. The molecule has 1 unspecified atom stereocenters. The minimum absolute atomic E-state index is 0.0274. The van der Waals surface area contributed by atoms with Crippen LogP contribution in [0.5, 0.6) is 0 Å². The second-order valence-corrected chi connectivity index (χ2v) is 4.85. The summed E-state index contributed by atoms with van der Waals surface area (Å²) >= 11 is 0. The molecule has 0 aliphatic rings. The van der Waals surface area contributed by atoms with Crippen LogP contribution in [0.4, 0.5) is 11.4 Å². The van der Waals surface area contributed by atoms with Gasteiger partial charge in [-0.3, -0.25) is 10.1 Å². The summed E-state index contributed by atoms with van der Waals surface area (Å²) in [7, 11) is 0. The minimum Gasteiger partial charge on any atom is -0.392 e. The average Bonchev–Trinajstić information content (AvgIpc) is 2.45. The van der Waals surface area contributed by atoms with Crippen molar-refractivity contribution >= 4 is 11.4 Å². The van der Waals surface area contributed by atoms with E-state index < -0.39 is 11.0 Å². The molecule has 0 aromatic heterocycles. The second-order valence-electron chi connectivity index (χ2n) is 4.85. The summed E-state index contributed by atoms with van der Waals surface area (Å²) in [5, 5.41) is 38.7. The van der Waals surface area contributed by atoms with Crippen molar-refractivity contribution in [1.29, 1.82) is 0 Å². The maximum Gasteiger partial charge on any atom is 0.269 e. The third-order valence-electron chi connectivity index (χ3n) is 3.21. The molecule has 0 spiro atoms. The van der Waals surface area contributed by atoms with Crippen molar-refractivity contribution in [1.82, 2.24) is 10.0 Å². The smallest absolute Gasteiger partial charge is 0.269 e. The number of hydrogen-bond acceptors (Lipinski definition) is 6. The Hall–Kier alpha value is -1.58. The highest BCUT2D eigenvalue weighted by Crippen LogP contribution is 2.23. The predicted octanol–water partition coefficient (Wildman–Crippen LogP) is -0.228. The molecule has 0 saturated carbocycles. The average molecular weight is 300 g/mol. The molecule has 0 bridgehead atoms. The molecule has 0 heterocycles. The molecule has 0 saturated heterocycles. The molecule has 118 valence electrons. The molecule has 8 heteroatoms. The van der Waals surface area contributed by atoms with E-state index in [2.05, 4.69) is 5.43 Å². The number of quaternary nitrogens is 1. The van der Waals surface area contributed by atoms with E-state index in [1.807, 2.05) is 0 Å². The van der Waals surface area contributed by atoms with Crippen molar-refractivity contribution < 1.29 is 20.2 Å². The van der Waals surface area contributed by atoms with Crippen molar-refractivity contribution in [3.05, 3.63) is 34.4 Å². The minimum atomic E-state index is -0.599. The first-order chi connectivity index (χ1) is 9.95. The fraction of sp³-hybridized carbons (Fsp3) is 0.538. The lowest BCUT2D eigenvalue weighted by Crippen LogP contribution is -2.63. The molecule has 1 aromatic carbocycles. The fourth-order valence-corrected chi connectivity index (χ4v) is 2.13. The van der Waals surface area contributed by atoms with E-state index in [1.54, 1.807) is 19.1 Å². The zero-order valence-electron chi connectivity index (χ0n) is 12.0. The van der Waals surface area contributed by atoms with Crippen LogP contribution in [0, 0.1) is 10.1 Å². The summed E-state index contributed by atoms with van der Waals surface area (Å²) in [6, 6.07) is 5.92. The highest BCUT2D eigenvalue weighted by atomic mass is 16.6. The Morgan fingerprint density at radius 2 is 1.76 bits per heavy atom. The third kappa shape index (κ3) is 4.73. The van der Waals surface area contributed by atoms with Gasteiger partial charge in [0, 0.05) is 24.3 Å². The van der Waals surface area contributed by atoms with Gasteiger partial charge in [0.15, 0.2) is 5.69 Å². The van der Waals surface area contributed by atoms with Gasteiger partial charge in [-0.2, -0.15) is 5.43 Å². The maximum absolute atomic E-state index is 10.7. The molecule has 0 aliphatic carbocycles. The first kappa shape index (κ1) is 17.5. The molecule has 1 rings (SSSR count). The van der Waals surface area contributed by atoms with Crippen LogP contribution in [0.2, 0.25) is 0 Å². The zero-order chi connectivity index (χ0) is 15.9. The monoisotopic (exact) mass is 300 g/mol. The van der Waals surface area contributed by atoms with E-state index in [4.69, 9.17) is 0 Å². The van der Waals surface area contributed by atoms with Crippen LogP contribution in [-0.4, -0.2) is 59.2 Å². The number of nitrogens with zero attached hydrogens (tertiary/aromatic N) is 2. The van der Waals surface area contributed by atoms with Gasteiger partial charge in [0.05, 0.1) is 30.8 Å². The summed E-state index contributed by atoms with van der Waals surface area (Å²) in [6.07, 6.45) is -0.599. The number of benzene rings is 1. The topological polar surface area (TPSA) is 116 Å². The standard InChI is InChI=1S/C13H22N3O5/c1-11(19)10-14-16(6-8-17,7-9-18)13-4-2-12(3-5-13)15(20)21/h2-5,11,14,17-19H,6-10H2,1H3/q+1. The Kier molecular flexibility index (Phi) is 6.66. The van der Waals surface area contributed by atoms with Gasteiger partial charge in [-0.25, -0.2) is 4.59 Å². The Balaban J connectivity index is 3.10. The van der Waals surface area contributed by atoms with Crippen LogP contribution in [0.3, 0.4) is 0 Å². The molecular weight excluding hydrogens is 278 g/mol. The second kappa shape index (κ2) is 8.01. The molecule has 0 amide bonds. The van der Waals surface area contributed by atoms with Crippen LogP contribution in [0.25, 0.3) is 0 Å². The van der Waals surface area contributed by atoms with Crippen LogP contribution >= 0.6 is 0 Å². The fourth-order valence-electron chi connectivity index (χ4n) is 2.13. The van der Waals surface area contributed by atoms with Crippen molar-refractivity contribution in [2.75, 3.05) is 32.8 Å². The van der Waals surface area contributed by atoms with E-state index in [0.29, 0.717) is 5.69 Å². The summed E-state index contributed by atoms with van der Waals surface area (Å²) in [4.78, 5) is 10.2. The van der Waals surface area contributed by atoms with Crippen molar-refractivity contribution in [3.8, 4) is 0 Å². The quantitative estimate of drug-likeness (QED) is 0.284. The molecule has 0 radical (unpaired) electrons. The van der Waals surface area contributed by atoms with Gasteiger partial charge in [0.25, 0.3) is 5.69 Å². The molecule has 0 fully saturated rings. The van der Waals surface area contributed by atoms with Gasteiger partial charge in [0.2, 0.25) is 0 Å². The van der Waals surface area contributed by atoms with E-state index in [9.17, 15) is 25.4 Å². The van der Waals surface area contributed by atoms with E-state index in [-0.39, 0.29) is 43.1 Å². The molecule has 1 aromatic rings. The molecular formula is C13H22N3O5+. The number of non-ortho nitro benzene ring substituents is 1. The number of nitrogens with one attached hydrogen (secondary N) is 1. The molecule has 8 nitrogen and oxygen atoms in total. The van der Waals surface area contributed by atoms with Crippen LogP contribution in [0.1, 0.15) is 6.92 Å². The highest BCUT2D eigenvalue weighted by Gasteiger charge is 2.30.